The highest BCUT2D eigenvalue weighted by molar-refractivity contribution is 6.05. The monoisotopic (exact) mass is 387 g/mol. The molecule has 3 rings (SSSR count). The highest BCUT2D eigenvalue weighted by Crippen LogP contribution is 2.40. The first-order valence-corrected chi connectivity index (χ1v) is 9.82. The number of hydrogen-bond acceptors (Lipinski definition) is 5. The van der Waals surface area contributed by atoms with Crippen molar-refractivity contribution in [1.29, 1.82) is 0 Å². The van der Waals surface area contributed by atoms with Crippen molar-refractivity contribution in [3.8, 4) is 0 Å². The van der Waals surface area contributed by atoms with Crippen LogP contribution in [0.25, 0.3) is 11.0 Å². The molecule has 1 aliphatic carbocycles. The number of pyridine rings is 1. The number of fused-ring (bicyclic) bond motifs is 1. The fourth-order valence-corrected chi connectivity index (χ4v) is 3.47. The van der Waals surface area contributed by atoms with E-state index in [1.807, 2.05) is 20.8 Å². The molecule has 0 aliphatic heterocycles. The average molecular weight is 387 g/mol. The van der Waals surface area contributed by atoms with Crippen LogP contribution in [0.4, 0.5) is 0 Å². The standard InChI is InChI=1S/C20H29N5O3/c1-5-8-25-16-15(17(26)23-19(25)28)13(9-14(22-16)12-6-7-12)18(27)24(4)11-20(2,3)10-21/h9,12H,5-8,10-11,21H2,1-4H3,(H,23,26,28). The van der Waals surface area contributed by atoms with Crippen LogP contribution >= 0.6 is 0 Å². The maximum absolute atomic E-state index is 13.3. The fourth-order valence-electron chi connectivity index (χ4n) is 3.47. The Morgan fingerprint density at radius 1 is 1.39 bits per heavy atom. The summed E-state index contributed by atoms with van der Waals surface area (Å²) in [6, 6.07) is 1.73. The van der Waals surface area contributed by atoms with E-state index in [0.29, 0.717) is 37.3 Å². The molecule has 0 unspecified atom stereocenters. The number of aryl methyl sites for hydroxylation is 1. The van der Waals surface area contributed by atoms with E-state index in [4.69, 9.17) is 5.73 Å². The van der Waals surface area contributed by atoms with Gasteiger partial charge in [-0.05, 0) is 37.3 Å². The minimum Gasteiger partial charge on any atom is -0.341 e. The van der Waals surface area contributed by atoms with Gasteiger partial charge < -0.3 is 10.6 Å². The summed E-state index contributed by atoms with van der Waals surface area (Å²) >= 11 is 0. The number of aromatic amines is 1. The van der Waals surface area contributed by atoms with Crippen molar-refractivity contribution < 1.29 is 4.79 Å². The summed E-state index contributed by atoms with van der Waals surface area (Å²) in [5, 5.41) is 0.180. The van der Waals surface area contributed by atoms with Crippen LogP contribution in [0.1, 0.15) is 62.0 Å². The second-order valence-electron chi connectivity index (χ2n) is 8.51. The van der Waals surface area contributed by atoms with Crippen molar-refractivity contribution in [2.45, 2.75) is 52.5 Å². The van der Waals surface area contributed by atoms with E-state index in [2.05, 4.69) is 9.97 Å². The Balaban J connectivity index is 2.21. The van der Waals surface area contributed by atoms with Crippen molar-refractivity contribution >= 4 is 16.9 Å². The molecular weight excluding hydrogens is 358 g/mol. The van der Waals surface area contributed by atoms with Crippen LogP contribution in [0.2, 0.25) is 0 Å². The van der Waals surface area contributed by atoms with Gasteiger partial charge >= 0.3 is 5.69 Å². The first kappa shape index (κ1) is 20.3. The van der Waals surface area contributed by atoms with Crippen molar-refractivity contribution in [3.05, 3.63) is 38.2 Å². The molecule has 0 aromatic carbocycles. The third-order valence-corrected chi connectivity index (χ3v) is 5.21. The quantitative estimate of drug-likeness (QED) is 0.746. The number of nitrogens with zero attached hydrogens (tertiary/aromatic N) is 3. The summed E-state index contributed by atoms with van der Waals surface area (Å²) in [5.41, 5.74) is 5.88. The van der Waals surface area contributed by atoms with Gasteiger partial charge in [-0.15, -0.1) is 0 Å². The zero-order valence-electron chi connectivity index (χ0n) is 17.0. The number of rotatable bonds is 7. The summed E-state index contributed by atoms with van der Waals surface area (Å²) in [5.74, 6) is 0.0224. The fraction of sp³-hybridized carbons (Fsp3) is 0.600. The molecule has 8 heteroatoms. The Hall–Kier alpha value is -2.48. The van der Waals surface area contributed by atoms with Gasteiger partial charge in [0.1, 0.15) is 0 Å². The van der Waals surface area contributed by atoms with Gasteiger partial charge in [0.15, 0.2) is 5.65 Å². The summed E-state index contributed by atoms with van der Waals surface area (Å²) in [7, 11) is 1.71. The first-order chi connectivity index (χ1) is 13.2. The SMILES string of the molecule is CCCn1c(=O)[nH]c(=O)c2c(C(=O)N(C)CC(C)(C)CN)cc(C3CC3)nc21. The van der Waals surface area contributed by atoms with E-state index < -0.39 is 11.2 Å². The van der Waals surface area contributed by atoms with Crippen LogP contribution in [-0.4, -0.2) is 45.5 Å². The minimum absolute atomic E-state index is 0.180. The van der Waals surface area contributed by atoms with E-state index in [9.17, 15) is 14.4 Å². The van der Waals surface area contributed by atoms with Crippen LogP contribution < -0.4 is 17.0 Å². The van der Waals surface area contributed by atoms with Crippen LogP contribution in [0.5, 0.6) is 0 Å². The van der Waals surface area contributed by atoms with Crippen molar-refractivity contribution in [3.63, 3.8) is 0 Å². The van der Waals surface area contributed by atoms with Crippen LogP contribution in [0.15, 0.2) is 15.7 Å². The molecule has 1 fully saturated rings. The lowest BCUT2D eigenvalue weighted by Gasteiger charge is -2.29. The van der Waals surface area contributed by atoms with Crippen molar-refractivity contribution in [2.24, 2.45) is 11.1 Å². The molecule has 8 nitrogen and oxygen atoms in total. The molecule has 2 aromatic rings. The van der Waals surface area contributed by atoms with E-state index in [1.165, 1.54) is 4.57 Å². The molecular formula is C20H29N5O3. The summed E-state index contributed by atoms with van der Waals surface area (Å²) in [4.78, 5) is 46.8. The van der Waals surface area contributed by atoms with Gasteiger partial charge in [-0.2, -0.15) is 0 Å². The maximum atomic E-state index is 13.3. The second kappa shape index (κ2) is 7.50. The smallest absolute Gasteiger partial charge is 0.329 e. The predicted molar refractivity (Wildman–Crippen MR) is 109 cm³/mol. The minimum atomic E-state index is -0.572. The number of hydrogen-bond donors (Lipinski definition) is 2. The van der Waals surface area contributed by atoms with Crippen LogP contribution in [0, 0.1) is 5.41 Å². The number of carbonyl (C=O) groups excluding carboxylic acids is 1. The Morgan fingerprint density at radius 2 is 2.07 bits per heavy atom. The molecule has 1 amide bonds. The van der Waals surface area contributed by atoms with Gasteiger partial charge in [0, 0.05) is 31.7 Å². The molecule has 152 valence electrons. The summed E-state index contributed by atoms with van der Waals surface area (Å²) in [6.07, 6.45) is 2.72. The lowest BCUT2D eigenvalue weighted by atomic mass is 9.93. The Kier molecular flexibility index (Phi) is 5.43. The molecule has 28 heavy (non-hydrogen) atoms. The van der Waals surface area contributed by atoms with Gasteiger partial charge in [-0.1, -0.05) is 20.8 Å². The second-order valence-corrected chi connectivity index (χ2v) is 8.51. The molecule has 1 aliphatic rings. The highest BCUT2D eigenvalue weighted by atomic mass is 16.2. The van der Waals surface area contributed by atoms with Crippen molar-refractivity contribution in [1.82, 2.24) is 19.4 Å². The van der Waals surface area contributed by atoms with Gasteiger partial charge in [0.05, 0.1) is 10.9 Å². The average Bonchev–Trinajstić information content (AvgIpc) is 3.48. The number of amides is 1. The molecule has 0 saturated heterocycles. The topological polar surface area (TPSA) is 114 Å². The van der Waals surface area contributed by atoms with E-state index in [0.717, 1.165) is 18.5 Å². The van der Waals surface area contributed by atoms with Crippen LogP contribution in [-0.2, 0) is 6.54 Å². The summed E-state index contributed by atoms with van der Waals surface area (Å²) < 4.78 is 1.46. The van der Waals surface area contributed by atoms with E-state index >= 15 is 0 Å². The number of carbonyl (C=O) groups is 1. The summed E-state index contributed by atoms with van der Waals surface area (Å²) in [6.45, 7) is 7.24. The molecule has 0 bridgehead atoms. The number of nitrogens with two attached hydrogens (primary N) is 1. The van der Waals surface area contributed by atoms with Gasteiger partial charge in [-0.25, -0.2) is 9.78 Å². The maximum Gasteiger partial charge on any atom is 0.329 e. The predicted octanol–water partition coefficient (Wildman–Crippen LogP) is 1.43. The van der Waals surface area contributed by atoms with E-state index in [-0.39, 0.29) is 22.6 Å². The third-order valence-electron chi connectivity index (χ3n) is 5.21. The largest absolute Gasteiger partial charge is 0.341 e. The molecule has 2 heterocycles. The third kappa shape index (κ3) is 3.87. The number of aromatic nitrogens is 3. The molecule has 0 radical (unpaired) electrons. The molecule has 2 aromatic heterocycles. The van der Waals surface area contributed by atoms with Gasteiger partial charge in [0.2, 0.25) is 0 Å². The number of H-pyrrole nitrogens is 1. The zero-order valence-corrected chi connectivity index (χ0v) is 17.0. The lowest BCUT2D eigenvalue weighted by Crippen LogP contribution is -2.40. The normalized spacial score (nSPS) is 14.5. The van der Waals surface area contributed by atoms with Gasteiger partial charge in [-0.3, -0.25) is 19.1 Å². The Labute approximate surface area is 163 Å². The Bertz CT molecular complexity index is 1020. The Morgan fingerprint density at radius 3 is 2.64 bits per heavy atom. The highest BCUT2D eigenvalue weighted by Gasteiger charge is 2.30. The molecule has 3 N–H and O–H groups in total. The molecule has 1 saturated carbocycles. The lowest BCUT2D eigenvalue weighted by molar-refractivity contribution is 0.0742. The van der Waals surface area contributed by atoms with Gasteiger partial charge in [0.25, 0.3) is 11.5 Å². The van der Waals surface area contributed by atoms with Crippen molar-refractivity contribution in [2.75, 3.05) is 20.1 Å². The van der Waals surface area contributed by atoms with E-state index in [1.54, 1.807) is 18.0 Å². The molecule has 0 spiro atoms. The molecule has 0 atom stereocenters. The zero-order chi connectivity index (χ0) is 20.6. The first-order valence-electron chi connectivity index (χ1n) is 9.82. The van der Waals surface area contributed by atoms with Crippen LogP contribution in [0.3, 0.4) is 0 Å². The number of nitrogens with one attached hydrogen (secondary N) is 1.